The van der Waals surface area contributed by atoms with Crippen molar-refractivity contribution >= 4 is 0 Å². The molecule has 0 bridgehead atoms. The quantitative estimate of drug-likeness (QED) is 0.510. The van der Waals surface area contributed by atoms with Gasteiger partial charge in [0.05, 0.1) is 0 Å². The lowest BCUT2D eigenvalue weighted by Crippen LogP contribution is -1.92. The average molecular weight is 120 g/mol. The highest BCUT2D eigenvalue weighted by Gasteiger charge is 1.77. The normalized spacial score (nSPS) is 8.25. The molecule has 0 aromatic rings. The van der Waals surface area contributed by atoms with E-state index in [1.54, 1.807) is 0 Å². The zero-order valence-corrected chi connectivity index (χ0v) is 5.74. The number of hydrogen-bond acceptors (Lipinski definition) is 1. The van der Waals surface area contributed by atoms with E-state index in [1.165, 1.54) is 0 Å². The summed E-state index contributed by atoms with van der Waals surface area (Å²) in [5, 5.41) is 0. The van der Waals surface area contributed by atoms with Crippen molar-refractivity contribution in [3.05, 3.63) is 0 Å². The Bertz CT molecular complexity index is 25.7. The molecule has 2 nitrogen and oxygen atoms in total. The largest absolute Gasteiger partial charge is 0.412 e. The van der Waals surface area contributed by atoms with Crippen LogP contribution in [-0.4, -0.2) is 18.7 Å². The van der Waals surface area contributed by atoms with Crippen LogP contribution in [0, 0.1) is 0 Å². The molecule has 0 saturated carbocycles. The second-order valence-corrected chi connectivity index (χ2v) is 1.61. The molecule has 52 valence electrons. The van der Waals surface area contributed by atoms with Gasteiger partial charge in [-0.1, -0.05) is 13.8 Å². The summed E-state index contributed by atoms with van der Waals surface area (Å²) in [5.41, 5.74) is 0. The van der Waals surface area contributed by atoms with E-state index >= 15 is 0 Å². The lowest BCUT2D eigenvalue weighted by Gasteiger charge is -1.95. The van der Waals surface area contributed by atoms with E-state index in [4.69, 9.17) is 4.74 Å². The maximum absolute atomic E-state index is 5.13. The van der Waals surface area contributed by atoms with Gasteiger partial charge in [0.25, 0.3) is 0 Å². The minimum absolute atomic E-state index is 0. The van der Waals surface area contributed by atoms with Crippen LogP contribution >= 0.6 is 0 Å². The van der Waals surface area contributed by atoms with Gasteiger partial charge in [0.2, 0.25) is 0 Å². The first-order valence-electron chi connectivity index (χ1n) is 2.99. The first-order valence-corrected chi connectivity index (χ1v) is 2.99. The van der Waals surface area contributed by atoms with Gasteiger partial charge >= 0.3 is 0 Å². The van der Waals surface area contributed by atoms with Crippen LogP contribution in [0.15, 0.2) is 0 Å². The molecular formula is C6H16O2. The molecule has 0 aliphatic rings. The van der Waals surface area contributed by atoms with Crippen LogP contribution in [0.2, 0.25) is 0 Å². The zero-order chi connectivity index (χ0) is 5.54. The molecule has 0 amide bonds. The lowest BCUT2D eigenvalue weighted by atomic mass is 10.5. The van der Waals surface area contributed by atoms with E-state index in [1.807, 2.05) is 0 Å². The van der Waals surface area contributed by atoms with Crippen molar-refractivity contribution in [1.82, 2.24) is 0 Å². The molecule has 0 spiro atoms. The van der Waals surface area contributed by atoms with Crippen LogP contribution in [0.3, 0.4) is 0 Å². The van der Waals surface area contributed by atoms with Crippen LogP contribution < -0.4 is 0 Å². The van der Waals surface area contributed by atoms with Crippen molar-refractivity contribution in [2.45, 2.75) is 26.7 Å². The first-order chi connectivity index (χ1) is 3.41. The van der Waals surface area contributed by atoms with Crippen LogP contribution in [0.1, 0.15) is 26.7 Å². The number of ether oxygens (including phenoxy) is 1. The average Bonchev–Trinajstić information content (AvgIpc) is 1.69. The van der Waals surface area contributed by atoms with E-state index in [9.17, 15) is 0 Å². The van der Waals surface area contributed by atoms with Crippen molar-refractivity contribution in [2.75, 3.05) is 13.2 Å². The molecule has 8 heavy (non-hydrogen) atoms. The summed E-state index contributed by atoms with van der Waals surface area (Å²) in [4.78, 5) is 0. The Morgan fingerprint density at radius 3 is 1.62 bits per heavy atom. The van der Waals surface area contributed by atoms with Crippen LogP contribution in [0.4, 0.5) is 0 Å². The van der Waals surface area contributed by atoms with Crippen molar-refractivity contribution in [1.29, 1.82) is 0 Å². The van der Waals surface area contributed by atoms with Crippen molar-refractivity contribution < 1.29 is 10.2 Å². The molecule has 0 aliphatic heterocycles. The van der Waals surface area contributed by atoms with Crippen LogP contribution in [0.25, 0.3) is 0 Å². The lowest BCUT2D eigenvalue weighted by molar-refractivity contribution is 0.135. The Kier molecular flexibility index (Phi) is 13.6. The van der Waals surface area contributed by atoms with Gasteiger partial charge in [-0.15, -0.1) is 0 Å². The van der Waals surface area contributed by atoms with Gasteiger partial charge in [-0.3, -0.25) is 0 Å². The topological polar surface area (TPSA) is 40.7 Å². The van der Waals surface area contributed by atoms with Gasteiger partial charge in [0.15, 0.2) is 0 Å². The molecule has 0 unspecified atom stereocenters. The highest BCUT2D eigenvalue weighted by atomic mass is 16.5. The summed E-state index contributed by atoms with van der Waals surface area (Å²) < 4.78 is 5.13. The first kappa shape index (κ1) is 10.8. The summed E-state index contributed by atoms with van der Waals surface area (Å²) in [6, 6.07) is 0. The fourth-order valence-electron chi connectivity index (χ4n) is 0.391. The SMILES string of the molecule is CCCOCCC.O. The molecule has 0 rings (SSSR count). The maximum Gasteiger partial charge on any atom is 0.0463 e. The zero-order valence-electron chi connectivity index (χ0n) is 5.74. The molecule has 0 aromatic carbocycles. The maximum atomic E-state index is 5.13. The predicted molar refractivity (Wildman–Crippen MR) is 35.0 cm³/mol. The summed E-state index contributed by atoms with van der Waals surface area (Å²) >= 11 is 0. The Balaban J connectivity index is 0. The molecule has 0 atom stereocenters. The van der Waals surface area contributed by atoms with Crippen molar-refractivity contribution in [3.8, 4) is 0 Å². The molecule has 2 heteroatoms. The Morgan fingerprint density at radius 1 is 1.00 bits per heavy atom. The Hall–Kier alpha value is -0.0800. The summed E-state index contributed by atoms with van der Waals surface area (Å²) in [5.74, 6) is 0. The van der Waals surface area contributed by atoms with Gasteiger partial charge in [0, 0.05) is 13.2 Å². The van der Waals surface area contributed by atoms with Crippen molar-refractivity contribution in [2.24, 2.45) is 0 Å². The minimum Gasteiger partial charge on any atom is -0.412 e. The smallest absolute Gasteiger partial charge is 0.0463 e. The summed E-state index contributed by atoms with van der Waals surface area (Å²) in [7, 11) is 0. The molecule has 0 heterocycles. The molecule has 0 fully saturated rings. The van der Waals surface area contributed by atoms with Crippen molar-refractivity contribution in [3.63, 3.8) is 0 Å². The molecule has 0 aromatic heterocycles. The number of hydrogen-bond donors (Lipinski definition) is 0. The Labute approximate surface area is 51.2 Å². The monoisotopic (exact) mass is 120 g/mol. The van der Waals surface area contributed by atoms with E-state index in [0.717, 1.165) is 26.1 Å². The highest BCUT2D eigenvalue weighted by Crippen LogP contribution is 1.81. The number of rotatable bonds is 4. The van der Waals surface area contributed by atoms with E-state index in [0.29, 0.717) is 0 Å². The van der Waals surface area contributed by atoms with Gasteiger partial charge in [-0.25, -0.2) is 0 Å². The third-order valence-corrected chi connectivity index (χ3v) is 0.697. The van der Waals surface area contributed by atoms with Gasteiger partial charge in [0.1, 0.15) is 0 Å². The third kappa shape index (κ3) is 9.33. The van der Waals surface area contributed by atoms with Gasteiger partial charge < -0.3 is 10.2 Å². The van der Waals surface area contributed by atoms with Gasteiger partial charge in [-0.2, -0.15) is 0 Å². The molecule has 2 N–H and O–H groups in total. The third-order valence-electron chi connectivity index (χ3n) is 0.697. The van der Waals surface area contributed by atoms with Crippen LogP contribution in [0.5, 0.6) is 0 Å². The molecule has 0 radical (unpaired) electrons. The van der Waals surface area contributed by atoms with E-state index in [-0.39, 0.29) is 5.48 Å². The molecular weight excluding hydrogens is 104 g/mol. The molecule has 0 aliphatic carbocycles. The molecule has 0 saturated heterocycles. The second-order valence-electron chi connectivity index (χ2n) is 1.61. The van der Waals surface area contributed by atoms with E-state index in [2.05, 4.69) is 13.8 Å². The summed E-state index contributed by atoms with van der Waals surface area (Å²) in [6.45, 7) is 6.09. The highest BCUT2D eigenvalue weighted by molar-refractivity contribution is 4.25. The minimum atomic E-state index is 0. The fraction of sp³-hybridized carbons (Fsp3) is 1.00. The Morgan fingerprint density at radius 2 is 1.38 bits per heavy atom. The standard InChI is InChI=1S/C6H14O.H2O/c1-3-5-7-6-4-2;/h3-6H2,1-2H3;1H2. The summed E-state index contributed by atoms with van der Waals surface area (Å²) in [6.07, 6.45) is 2.28. The van der Waals surface area contributed by atoms with E-state index < -0.39 is 0 Å². The van der Waals surface area contributed by atoms with Crippen LogP contribution in [-0.2, 0) is 4.74 Å². The second kappa shape index (κ2) is 10.0. The predicted octanol–water partition coefficient (Wildman–Crippen LogP) is 0.998. The van der Waals surface area contributed by atoms with Gasteiger partial charge in [-0.05, 0) is 12.8 Å². The fourth-order valence-corrected chi connectivity index (χ4v) is 0.391.